The number of carbonyl (C=O) groups is 1. The molecule has 5 rings (SSSR count). The molecular weight excluding hydrogens is 406 g/mol. The minimum Gasteiger partial charge on any atom is -0.468 e. The highest BCUT2D eigenvalue weighted by atomic mass is 16.5. The average molecular weight is 429 g/mol. The number of hydrogen-bond acceptors (Lipinski definition) is 7. The van der Waals surface area contributed by atoms with Gasteiger partial charge in [-0.15, -0.1) is 0 Å². The summed E-state index contributed by atoms with van der Waals surface area (Å²) in [4.78, 5) is 28.2. The van der Waals surface area contributed by atoms with Gasteiger partial charge in [0, 0.05) is 25.7 Å². The Bertz CT molecular complexity index is 1320. The fraction of sp³-hybridized carbons (Fsp3) is 0.217. The third-order valence-electron chi connectivity index (χ3n) is 5.64. The van der Waals surface area contributed by atoms with Crippen molar-refractivity contribution in [1.82, 2.24) is 19.5 Å². The van der Waals surface area contributed by atoms with E-state index in [2.05, 4.69) is 27.3 Å². The lowest BCUT2D eigenvalue weighted by molar-refractivity contribution is 0.100. The van der Waals surface area contributed by atoms with Crippen molar-refractivity contribution in [2.45, 2.75) is 13.0 Å². The van der Waals surface area contributed by atoms with E-state index in [0.717, 1.165) is 35.7 Å². The van der Waals surface area contributed by atoms with Crippen LogP contribution in [0.25, 0.3) is 17.0 Å². The molecule has 0 aliphatic carbocycles. The van der Waals surface area contributed by atoms with Gasteiger partial charge < -0.3 is 20.7 Å². The minimum absolute atomic E-state index is 0.281. The van der Waals surface area contributed by atoms with Crippen LogP contribution >= 0.6 is 0 Å². The van der Waals surface area contributed by atoms with Crippen molar-refractivity contribution in [3.05, 3.63) is 65.2 Å². The van der Waals surface area contributed by atoms with Crippen LogP contribution in [0.3, 0.4) is 0 Å². The van der Waals surface area contributed by atoms with Gasteiger partial charge >= 0.3 is 6.01 Å². The summed E-state index contributed by atoms with van der Waals surface area (Å²) in [6, 6.07) is 15.7. The first-order valence-electron chi connectivity index (χ1n) is 10.3. The number of nitrogens with one attached hydrogen (secondary N) is 1. The Kier molecular flexibility index (Phi) is 4.85. The van der Waals surface area contributed by atoms with Gasteiger partial charge in [-0.25, -0.2) is 4.57 Å². The quantitative estimate of drug-likeness (QED) is 0.484. The second-order valence-corrected chi connectivity index (χ2v) is 7.66. The molecule has 0 bridgehead atoms. The highest BCUT2D eigenvalue weighted by Crippen LogP contribution is 2.34. The van der Waals surface area contributed by atoms with Crippen LogP contribution in [0.1, 0.15) is 21.5 Å². The number of benzene rings is 2. The van der Waals surface area contributed by atoms with Crippen molar-refractivity contribution in [3.8, 4) is 12.0 Å². The number of carbonyl (C=O) groups excluding carboxylic acids is 1. The monoisotopic (exact) mass is 429 g/mol. The maximum absolute atomic E-state index is 11.9. The van der Waals surface area contributed by atoms with Gasteiger partial charge in [0.2, 0.25) is 5.95 Å². The maximum Gasteiger partial charge on any atom is 0.304 e. The molecule has 0 atom stereocenters. The molecule has 0 fully saturated rings. The summed E-state index contributed by atoms with van der Waals surface area (Å²) in [7, 11) is 3.54. The summed E-state index contributed by atoms with van der Waals surface area (Å²) in [5.41, 5.74) is 9.21. The number of likely N-dealkylation sites (N-methyl/N-ethyl adjacent to an activating group) is 1. The van der Waals surface area contributed by atoms with E-state index in [1.807, 2.05) is 31.3 Å². The smallest absolute Gasteiger partial charge is 0.304 e. The first-order chi connectivity index (χ1) is 15.6. The van der Waals surface area contributed by atoms with E-state index in [9.17, 15) is 4.79 Å². The van der Waals surface area contributed by atoms with E-state index in [-0.39, 0.29) is 6.01 Å². The van der Waals surface area contributed by atoms with Crippen LogP contribution in [0.4, 0.5) is 11.6 Å². The number of hydrogen-bond donors (Lipinski definition) is 2. The second kappa shape index (κ2) is 7.84. The number of para-hydroxylation sites is 1. The summed E-state index contributed by atoms with van der Waals surface area (Å²) in [5.74, 6) is 1.49. The van der Waals surface area contributed by atoms with Crippen molar-refractivity contribution < 1.29 is 9.53 Å². The van der Waals surface area contributed by atoms with E-state index in [1.165, 1.54) is 7.11 Å². The molecule has 1 aliphatic heterocycles. The number of amides is 1. The summed E-state index contributed by atoms with van der Waals surface area (Å²) < 4.78 is 7.23. The number of methoxy groups -OCH3 is 1. The minimum atomic E-state index is -0.553. The topological polar surface area (TPSA) is 111 Å². The lowest BCUT2D eigenvalue weighted by Crippen LogP contribution is -2.16. The molecule has 1 amide bonds. The molecule has 2 aromatic heterocycles. The van der Waals surface area contributed by atoms with Gasteiger partial charge in [-0.1, -0.05) is 36.4 Å². The average Bonchev–Trinajstić information content (AvgIpc) is 3.38. The normalized spacial score (nSPS) is 12.8. The van der Waals surface area contributed by atoms with Gasteiger partial charge in [0.25, 0.3) is 5.91 Å². The molecule has 0 saturated carbocycles. The lowest BCUT2D eigenvalue weighted by atomic mass is 10.2. The standard InChI is InChI=1S/C23H23N7O2/c1-29-12-11-16-20(25-13-14-7-4-3-5-8-14)27-22(28-21(16)29)30-17-10-6-9-15(19(24)31)18(17)26-23(30)32-2/h3-10H,11-13H2,1-2H3,(H2,24,31)(H,25,27,28). The number of anilines is 2. The lowest BCUT2D eigenvalue weighted by Gasteiger charge is -2.16. The SMILES string of the molecule is COc1nc2c(C(N)=O)cccc2n1-c1nc(NCc2ccccc2)c2c(n1)N(C)CC2. The third-order valence-corrected chi connectivity index (χ3v) is 5.64. The fourth-order valence-corrected chi connectivity index (χ4v) is 4.03. The Morgan fingerprint density at radius 2 is 1.94 bits per heavy atom. The predicted octanol–water partition coefficient (Wildman–Crippen LogP) is 2.53. The molecule has 162 valence electrons. The van der Waals surface area contributed by atoms with Crippen LogP contribution in [0, 0.1) is 0 Å². The summed E-state index contributed by atoms with van der Waals surface area (Å²) in [6.45, 7) is 1.50. The molecule has 9 heteroatoms. The number of imidazole rings is 1. The number of aromatic nitrogens is 4. The van der Waals surface area contributed by atoms with Gasteiger partial charge in [0.1, 0.15) is 17.2 Å². The molecule has 2 aromatic carbocycles. The number of ether oxygens (including phenoxy) is 1. The zero-order valence-corrected chi connectivity index (χ0v) is 17.9. The van der Waals surface area contributed by atoms with Crippen LogP contribution in [-0.4, -0.2) is 46.1 Å². The van der Waals surface area contributed by atoms with E-state index >= 15 is 0 Å². The van der Waals surface area contributed by atoms with Gasteiger partial charge in [-0.2, -0.15) is 15.0 Å². The number of primary amides is 1. The van der Waals surface area contributed by atoms with Gasteiger partial charge in [0.05, 0.1) is 18.2 Å². The Labute approximate surface area is 184 Å². The van der Waals surface area contributed by atoms with Crippen molar-refractivity contribution in [1.29, 1.82) is 0 Å². The third kappa shape index (κ3) is 3.27. The van der Waals surface area contributed by atoms with Crippen LogP contribution in [0.2, 0.25) is 0 Å². The van der Waals surface area contributed by atoms with E-state index in [0.29, 0.717) is 29.1 Å². The maximum atomic E-state index is 11.9. The first kappa shape index (κ1) is 19.8. The van der Waals surface area contributed by atoms with Crippen molar-refractivity contribution >= 4 is 28.6 Å². The second-order valence-electron chi connectivity index (χ2n) is 7.66. The zero-order chi connectivity index (χ0) is 22.2. The Morgan fingerprint density at radius 3 is 2.69 bits per heavy atom. The largest absolute Gasteiger partial charge is 0.468 e. The first-order valence-corrected chi connectivity index (χ1v) is 10.3. The van der Waals surface area contributed by atoms with E-state index in [4.69, 9.17) is 20.4 Å². The van der Waals surface area contributed by atoms with Gasteiger partial charge in [-0.3, -0.25) is 4.79 Å². The van der Waals surface area contributed by atoms with Crippen molar-refractivity contribution in [2.24, 2.45) is 5.73 Å². The molecule has 0 unspecified atom stereocenters. The van der Waals surface area contributed by atoms with Crippen molar-refractivity contribution in [3.63, 3.8) is 0 Å². The molecule has 0 spiro atoms. The van der Waals surface area contributed by atoms with Gasteiger partial charge in [0.15, 0.2) is 0 Å². The zero-order valence-electron chi connectivity index (χ0n) is 17.9. The Hall–Kier alpha value is -4.14. The Balaban J connectivity index is 1.66. The Morgan fingerprint density at radius 1 is 1.12 bits per heavy atom. The van der Waals surface area contributed by atoms with E-state index in [1.54, 1.807) is 16.7 Å². The summed E-state index contributed by atoms with van der Waals surface area (Å²) in [5, 5.41) is 3.47. The van der Waals surface area contributed by atoms with E-state index < -0.39 is 5.91 Å². The molecule has 4 aromatic rings. The number of rotatable bonds is 6. The molecule has 0 saturated heterocycles. The number of nitrogens with two attached hydrogens (primary N) is 1. The highest BCUT2D eigenvalue weighted by Gasteiger charge is 2.26. The molecule has 32 heavy (non-hydrogen) atoms. The molecule has 0 radical (unpaired) electrons. The van der Waals surface area contributed by atoms with Crippen LogP contribution < -0.4 is 20.7 Å². The van der Waals surface area contributed by atoms with Crippen LogP contribution in [-0.2, 0) is 13.0 Å². The van der Waals surface area contributed by atoms with Crippen molar-refractivity contribution in [2.75, 3.05) is 30.9 Å². The molecular formula is C23H23N7O2. The fourth-order valence-electron chi connectivity index (χ4n) is 4.03. The molecule has 3 heterocycles. The van der Waals surface area contributed by atoms with Crippen LogP contribution in [0.5, 0.6) is 6.01 Å². The van der Waals surface area contributed by atoms with Crippen LogP contribution in [0.15, 0.2) is 48.5 Å². The number of nitrogens with zero attached hydrogens (tertiary/aromatic N) is 5. The summed E-state index contributed by atoms with van der Waals surface area (Å²) in [6.07, 6.45) is 0.858. The highest BCUT2D eigenvalue weighted by molar-refractivity contribution is 6.04. The molecule has 9 nitrogen and oxygen atoms in total. The predicted molar refractivity (Wildman–Crippen MR) is 122 cm³/mol. The molecule has 1 aliphatic rings. The molecule has 3 N–H and O–H groups in total. The number of fused-ring (bicyclic) bond motifs is 2. The summed E-state index contributed by atoms with van der Waals surface area (Å²) >= 11 is 0. The van der Waals surface area contributed by atoms with Gasteiger partial charge in [-0.05, 0) is 24.1 Å².